The third-order valence-corrected chi connectivity index (χ3v) is 8.04. The van der Waals surface area contributed by atoms with E-state index in [4.69, 9.17) is 4.74 Å². The lowest BCUT2D eigenvalue weighted by atomic mass is 10.1. The maximum absolute atomic E-state index is 13.7. The van der Waals surface area contributed by atoms with Gasteiger partial charge in [0.2, 0.25) is 21.8 Å². The highest BCUT2D eigenvalue weighted by molar-refractivity contribution is 9.10. The van der Waals surface area contributed by atoms with Crippen LogP contribution in [0.25, 0.3) is 0 Å². The first-order valence-corrected chi connectivity index (χ1v) is 14.7. The molecule has 3 rings (SSSR count). The van der Waals surface area contributed by atoms with E-state index < -0.39 is 28.5 Å². The lowest BCUT2D eigenvalue weighted by Crippen LogP contribution is -2.53. The molecule has 0 aliphatic heterocycles. The van der Waals surface area contributed by atoms with Crippen molar-refractivity contribution in [2.45, 2.75) is 57.7 Å². The van der Waals surface area contributed by atoms with Gasteiger partial charge in [-0.3, -0.25) is 13.9 Å². The quantitative estimate of drug-likeness (QED) is 0.432. The molecule has 1 aliphatic rings. The van der Waals surface area contributed by atoms with Gasteiger partial charge in [-0.25, -0.2) is 8.42 Å². The molecular weight excluding hydrogens is 546 g/mol. The molecule has 2 aromatic carbocycles. The number of benzene rings is 2. The molecule has 1 saturated carbocycles. The molecule has 0 heterocycles. The molecule has 0 radical (unpaired) electrons. The van der Waals surface area contributed by atoms with Crippen molar-refractivity contribution in [3.8, 4) is 5.75 Å². The summed E-state index contributed by atoms with van der Waals surface area (Å²) in [7, 11) is -2.20. The summed E-state index contributed by atoms with van der Waals surface area (Å²) in [6, 6.07) is 13.4. The SMILES string of the molecule is CC[C@H](C(=O)NC1CCCC1)N(Cc1cccc(OC)c1)C(=O)CN(c1ccc(Br)cc1)S(C)(=O)=O. The predicted molar refractivity (Wildman–Crippen MR) is 144 cm³/mol. The summed E-state index contributed by atoms with van der Waals surface area (Å²) in [4.78, 5) is 28.5. The molecule has 10 heteroatoms. The Morgan fingerprint density at radius 2 is 1.81 bits per heavy atom. The summed E-state index contributed by atoms with van der Waals surface area (Å²) in [5, 5.41) is 3.10. The van der Waals surface area contributed by atoms with Crippen LogP contribution in [0, 0.1) is 0 Å². The Morgan fingerprint density at radius 3 is 2.39 bits per heavy atom. The van der Waals surface area contributed by atoms with Gasteiger partial charge in [-0.1, -0.05) is 47.8 Å². The topological polar surface area (TPSA) is 96.0 Å². The molecule has 0 saturated heterocycles. The molecule has 0 aromatic heterocycles. The van der Waals surface area contributed by atoms with E-state index >= 15 is 0 Å². The zero-order chi connectivity index (χ0) is 26.3. The standard InChI is InChI=1S/C26H34BrN3O5S/c1-4-24(26(32)28-21-9-5-6-10-21)29(17-19-8-7-11-23(16-19)35-2)25(31)18-30(36(3,33)34)22-14-12-20(27)13-15-22/h7-8,11-16,21,24H,4-6,9-10,17-18H2,1-3H3,(H,28,32)/t24-/m1/s1. The van der Waals surface area contributed by atoms with Crippen molar-refractivity contribution in [2.24, 2.45) is 0 Å². The second-order valence-electron chi connectivity index (χ2n) is 9.03. The lowest BCUT2D eigenvalue weighted by molar-refractivity contribution is -0.140. The molecule has 0 unspecified atom stereocenters. The third kappa shape index (κ3) is 7.46. The zero-order valence-electron chi connectivity index (χ0n) is 20.9. The molecule has 196 valence electrons. The number of anilines is 1. The highest BCUT2D eigenvalue weighted by atomic mass is 79.9. The number of carbonyl (C=O) groups is 2. The molecule has 1 atom stereocenters. The predicted octanol–water partition coefficient (Wildman–Crippen LogP) is 4.09. The van der Waals surface area contributed by atoms with Crippen LogP contribution in [0.3, 0.4) is 0 Å². The van der Waals surface area contributed by atoms with Crippen LogP contribution in [0.5, 0.6) is 5.75 Å². The molecule has 2 amide bonds. The molecule has 1 N–H and O–H groups in total. The van der Waals surface area contributed by atoms with Crippen molar-refractivity contribution >= 4 is 43.5 Å². The number of nitrogens with one attached hydrogen (secondary N) is 1. The number of rotatable bonds is 11. The largest absolute Gasteiger partial charge is 0.497 e. The van der Waals surface area contributed by atoms with E-state index in [1.54, 1.807) is 37.4 Å². The first kappa shape index (κ1) is 28.0. The van der Waals surface area contributed by atoms with Gasteiger partial charge >= 0.3 is 0 Å². The van der Waals surface area contributed by atoms with Gasteiger partial charge in [-0.2, -0.15) is 0 Å². The lowest BCUT2D eigenvalue weighted by Gasteiger charge is -2.33. The van der Waals surface area contributed by atoms with E-state index in [2.05, 4.69) is 21.2 Å². The molecule has 0 bridgehead atoms. The third-order valence-electron chi connectivity index (χ3n) is 6.37. The molecule has 1 fully saturated rings. The van der Waals surface area contributed by atoms with Crippen molar-refractivity contribution in [1.29, 1.82) is 0 Å². The fourth-order valence-corrected chi connectivity index (χ4v) is 5.59. The first-order valence-electron chi connectivity index (χ1n) is 12.1. The fraction of sp³-hybridized carbons (Fsp3) is 0.462. The summed E-state index contributed by atoms with van der Waals surface area (Å²) >= 11 is 3.35. The highest BCUT2D eigenvalue weighted by Gasteiger charge is 2.33. The van der Waals surface area contributed by atoms with Crippen molar-refractivity contribution in [1.82, 2.24) is 10.2 Å². The summed E-state index contributed by atoms with van der Waals surface area (Å²) in [6.45, 7) is 1.58. The Morgan fingerprint density at radius 1 is 1.14 bits per heavy atom. The number of sulfonamides is 1. The van der Waals surface area contributed by atoms with Gasteiger partial charge in [0.25, 0.3) is 0 Å². The van der Waals surface area contributed by atoms with Gasteiger partial charge in [0, 0.05) is 17.1 Å². The van der Waals surface area contributed by atoms with Crippen LogP contribution in [-0.2, 0) is 26.2 Å². The number of amides is 2. The van der Waals surface area contributed by atoms with Crippen LogP contribution in [0.2, 0.25) is 0 Å². The van der Waals surface area contributed by atoms with Crippen LogP contribution >= 0.6 is 15.9 Å². The van der Waals surface area contributed by atoms with Crippen molar-refractivity contribution in [3.05, 3.63) is 58.6 Å². The minimum Gasteiger partial charge on any atom is -0.497 e. The second-order valence-corrected chi connectivity index (χ2v) is 11.9. The van der Waals surface area contributed by atoms with Crippen molar-refractivity contribution in [2.75, 3.05) is 24.2 Å². The monoisotopic (exact) mass is 579 g/mol. The maximum Gasteiger partial charge on any atom is 0.244 e. The molecule has 36 heavy (non-hydrogen) atoms. The van der Waals surface area contributed by atoms with E-state index in [0.29, 0.717) is 17.9 Å². The number of methoxy groups -OCH3 is 1. The average molecular weight is 581 g/mol. The van der Waals surface area contributed by atoms with E-state index in [1.165, 1.54) is 4.90 Å². The minimum absolute atomic E-state index is 0.107. The van der Waals surface area contributed by atoms with Crippen molar-refractivity contribution < 1.29 is 22.7 Å². The van der Waals surface area contributed by atoms with Gasteiger partial charge in [0.05, 0.1) is 19.1 Å². The Balaban J connectivity index is 1.92. The summed E-state index contributed by atoms with van der Waals surface area (Å²) in [5.41, 5.74) is 1.16. The highest BCUT2D eigenvalue weighted by Crippen LogP contribution is 2.23. The number of nitrogens with zero attached hydrogens (tertiary/aromatic N) is 2. The number of hydrogen-bond acceptors (Lipinski definition) is 5. The number of hydrogen-bond donors (Lipinski definition) is 1. The Labute approximate surface area is 222 Å². The Bertz CT molecular complexity index is 1150. The van der Waals surface area contributed by atoms with Crippen LogP contribution in [0.15, 0.2) is 53.0 Å². The van der Waals surface area contributed by atoms with Crippen molar-refractivity contribution in [3.63, 3.8) is 0 Å². The van der Waals surface area contributed by atoms with Crippen LogP contribution < -0.4 is 14.4 Å². The van der Waals surface area contributed by atoms with Gasteiger partial charge in [-0.15, -0.1) is 0 Å². The van der Waals surface area contributed by atoms with Gasteiger partial charge in [0.1, 0.15) is 18.3 Å². The van der Waals surface area contributed by atoms with E-state index in [-0.39, 0.29) is 18.5 Å². The summed E-state index contributed by atoms with van der Waals surface area (Å²) < 4.78 is 32.5. The first-order chi connectivity index (χ1) is 17.1. The zero-order valence-corrected chi connectivity index (χ0v) is 23.3. The molecule has 1 aliphatic carbocycles. The summed E-state index contributed by atoms with van der Waals surface area (Å²) in [6.07, 6.45) is 5.47. The number of carbonyl (C=O) groups excluding carboxylic acids is 2. The van der Waals surface area contributed by atoms with E-state index in [1.807, 2.05) is 25.1 Å². The second kappa shape index (κ2) is 12.6. The molecule has 2 aromatic rings. The van der Waals surface area contributed by atoms with Gasteiger partial charge < -0.3 is 15.0 Å². The average Bonchev–Trinajstić information content (AvgIpc) is 3.35. The molecular formula is C26H34BrN3O5S. The maximum atomic E-state index is 13.7. The number of halogens is 1. The van der Waals surface area contributed by atoms with Crippen LogP contribution in [0.1, 0.15) is 44.6 Å². The van der Waals surface area contributed by atoms with Crippen LogP contribution in [-0.4, -0.2) is 57.1 Å². The molecule has 8 nitrogen and oxygen atoms in total. The normalized spacial score (nSPS) is 14.8. The summed E-state index contributed by atoms with van der Waals surface area (Å²) in [5.74, 6) is -0.0363. The van der Waals surface area contributed by atoms with E-state index in [0.717, 1.165) is 46.3 Å². The molecule has 0 spiro atoms. The Kier molecular flexibility index (Phi) is 9.78. The van der Waals surface area contributed by atoms with E-state index in [9.17, 15) is 18.0 Å². The fourth-order valence-electron chi connectivity index (χ4n) is 4.48. The van der Waals surface area contributed by atoms with Gasteiger partial charge in [-0.05, 0) is 61.2 Å². The van der Waals surface area contributed by atoms with Gasteiger partial charge in [0.15, 0.2) is 0 Å². The Hall–Kier alpha value is -2.59. The smallest absolute Gasteiger partial charge is 0.244 e. The number of ether oxygens (including phenoxy) is 1. The van der Waals surface area contributed by atoms with Crippen LogP contribution in [0.4, 0.5) is 5.69 Å². The minimum atomic E-state index is -3.76.